The highest BCUT2D eigenvalue weighted by atomic mass is 16.5. The van der Waals surface area contributed by atoms with Crippen molar-refractivity contribution in [2.75, 3.05) is 13.1 Å². The molecule has 0 unspecified atom stereocenters. The number of piperidine rings is 1. The van der Waals surface area contributed by atoms with Crippen molar-refractivity contribution in [3.05, 3.63) is 41.7 Å². The van der Waals surface area contributed by atoms with Crippen molar-refractivity contribution < 1.29 is 9.84 Å². The standard InChI is InChI=1S/C22H29N3O2/c1-21(2,3)25-10-8-22(9-11-25)7-6-17-12-18(4-5-19(17)27-22)20-23-13-16(15-26)14-24-20/h4-5,12-14,26H,6-11,15H2,1-3H3. The van der Waals surface area contributed by atoms with Crippen LogP contribution in [0.2, 0.25) is 0 Å². The van der Waals surface area contributed by atoms with Crippen LogP contribution in [0.1, 0.15) is 51.2 Å². The van der Waals surface area contributed by atoms with Crippen LogP contribution in [-0.2, 0) is 13.0 Å². The van der Waals surface area contributed by atoms with E-state index in [0.29, 0.717) is 5.82 Å². The first kappa shape index (κ1) is 18.4. The second-order valence-corrected chi connectivity index (χ2v) is 8.84. The molecule has 0 saturated carbocycles. The first-order valence-corrected chi connectivity index (χ1v) is 9.88. The highest BCUT2D eigenvalue weighted by Crippen LogP contribution is 2.41. The minimum atomic E-state index is -0.0347. The van der Waals surface area contributed by atoms with Crippen LogP contribution in [0.3, 0.4) is 0 Å². The van der Waals surface area contributed by atoms with E-state index in [2.05, 4.69) is 47.8 Å². The maximum Gasteiger partial charge on any atom is 0.159 e. The van der Waals surface area contributed by atoms with Crippen molar-refractivity contribution >= 4 is 0 Å². The third-order valence-corrected chi connectivity index (χ3v) is 6.01. The molecule has 1 aromatic carbocycles. The number of hydrogen-bond acceptors (Lipinski definition) is 5. The van der Waals surface area contributed by atoms with Gasteiger partial charge in [-0.3, -0.25) is 4.90 Å². The molecule has 0 atom stereocenters. The van der Waals surface area contributed by atoms with Gasteiger partial charge in [0, 0.05) is 42.1 Å². The molecule has 3 heterocycles. The Morgan fingerprint density at radius 2 is 1.81 bits per heavy atom. The second kappa shape index (κ2) is 6.88. The van der Waals surface area contributed by atoms with Crippen LogP contribution in [0.4, 0.5) is 0 Å². The zero-order valence-corrected chi connectivity index (χ0v) is 16.5. The third-order valence-electron chi connectivity index (χ3n) is 6.01. The Bertz CT molecular complexity index is 803. The smallest absolute Gasteiger partial charge is 0.159 e. The van der Waals surface area contributed by atoms with Gasteiger partial charge in [-0.05, 0) is 70.2 Å². The van der Waals surface area contributed by atoms with Crippen LogP contribution < -0.4 is 4.74 Å². The monoisotopic (exact) mass is 367 g/mol. The van der Waals surface area contributed by atoms with Gasteiger partial charge in [-0.15, -0.1) is 0 Å². The summed E-state index contributed by atoms with van der Waals surface area (Å²) >= 11 is 0. The van der Waals surface area contributed by atoms with E-state index in [1.807, 2.05) is 6.07 Å². The summed E-state index contributed by atoms with van der Waals surface area (Å²) in [4.78, 5) is 11.3. The van der Waals surface area contributed by atoms with E-state index in [4.69, 9.17) is 9.84 Å². The van der Waals surface area contributed by atoms with Crippen LogP contribution in [0.25, 0.3) is 11.4 Å². The van der Waals surface area contributed by atoms with Crippen molar-refractivity contribution in [3.8, 4) is 17.1 Å². The van der Waals surface area contributed by atoms with E-state index in [9.17, 15) is 0 Å². The molecule has 2 aliphatic rings. The average molecular weight is 367 g/mol. The molecule has 2 aliphatic heterocycles. The minimum Gasteiger partial charge on any atom is -0.487 e. The molecule has 0 amide bonds. The van der Waals surface area contributed by atoms with Gasteiger partial charge in [-0.1, -0.05) is 0 Å². The van der Waals surface area contributed by atoms with Crippen molar-refractivity contribution in [3.63, 3.8) is 0 Å². The summed E-state index contributed by atoms with van der Waals surface area (Å²) < 4.78 is 6.55. The van der Waals surface area contributed by atoms with Crippen LogP contribution in [0.5, 0.6) is 5.75 Å². The summed E-state index contributed by atoms with van der Waals surface area (Å²) in [5.41, 5.74) is 3.19. The number of aliphatic hydroxyl groups excluding tert-OH is 1. The molecule has 1 saturated heterocycles. The molecule has 4 rings (SSSR count). The molecule has 144 valence electrons. The largest absolute Gasteiger partial charge is 0.487 e. The molecule has 0 bridgehead atoms. The average Bonchev–Trinajstić information content (AvgIpc) is 2.67. The van der Waals surface area contributed by atoms with E-state index in [1.165, 1.54) is 5.56 Å². The van der Waals surface area contributed by atoms with Gasteiger partial charge in [-0.2, -0.15) is 0 Å². The fraction of sp³-hybridized carbons (Fsp3) is 0.545. The molecule has 27 heavy (non-hydrogen) atoms. The Hall–Kier alpha value is -1.98. The number of likely N-dealkylation sites (tertiary alicyclic amines) is 1. The fourth-order valence-electron chi connectivity index (χ4n) is 4.18. The van der Waals surface area contributed by atoms with Crippen molar-refractivity contribution in [2.45, 2.75) is 64.2 Å². The SMILES string of the molecule is CC(C)(C)N1CCC2(CCc3cc(-c4ncc(CO)cn4)ccc3O2)CC1. The maximum atomic E-state index is 9.14. The number of nitrogens with zero attached hydrogens (tertiary/aromatic N) is 3. The number of aromatic nitrogens is 2. The summed E-state index contributed by atoms with van der Waals surface area (Å²) in [5, 5.41) is 9.14. The van der Waals surface area contributed by atoms with Crippen LogP contribution in [0, 0.1) is 0 Å². The highest BCUT2D eigenvalue weighted by molar-refractivity contribution is 5.59. The minimum absolute atomic E-state index is 0.00442. The number of hydrogen-bond donors (Lipinski definition) is 1. The number of ether oxygens (including phenoxy) is 1. The zero-order valence-electron chi connectivity index (χ0n) is 16.5. The Balaban J connectivity index is 1.50. The zero-order chi connectivity index (χ0) is 19.1. The number of rotatable bonds is 2. The van der Waals surface area contributed by atoms with Gasteiger partial charge in [0.2, 0.25) is 0 Å². The topological polar surface area (TPSA) is 58.5 Å². The van der Waals surface area contributed by atoms with Crippen molar-refractivity contribution in [1.29, 1.82) is 0 Å². The van der Waals surface area contributed by atoms with Gasteiger partial charge in [0.25, 0.3) is 0 Å². The Morgan fingerprint density at radius 3 is 2.44 bits per heavy atom. The van der Waals surface area contributed by atoms with Gasteiger partial charge < -0.3 is 9.84 Å². The lowest BCUT2D eigenvalue weighted by molar-refractivity contribution is -0.0355. The Morgan fingerprint density at radius 1 is 1.11 bits per heavy atom. The molecule has 5 nitrogen and oxygen atoms in total. The van der Waals surface area contributed by atoms with Crippen LogP contribution in [-0.4, -0.2) is 44.2 Å². The van der Waals surface area contributed by atoms with Crippen LogP contribution in [0.15, 0.2) is 30.6 Å². The van der Waals surface area contributed by atoms with E-state index in [1.54, 1.807) is 12.4 Å². The van der Waals surface area contributed by atoms with Gasteiger partial charge in [0.05, 0.1) is 6.61 Å². The first-order valence-electron chi connectivity index (χ1n) is 9.88. The molecule has 1 N–H and O–H groups in total. The normalized spacial score (nSPS) is 19.6. The predicted octanol–water partition coefficient (Wildman–Crippen LogP) is 3.59. The van der Waals surface area contributed by atoms with E-state index < -0.39 is 0 Å². The summed E-state index contributed by atoms with van der Waals surface area (Å²) in [6.07, 6.45) is 7.65. The van der Waals surface area contributed by atoms with Crippen LogP contribution >= 0.6 is 0 Å². The molecule has 5 heteroatoms. The highest BCUT2D eigenvalue weighted by Gasteiger charge is 2.41. The molecular formula is C22H29N3O2. The number of fused-ring (bicyclic) bond motifs is 1. The fourth-order valence-corrected chi connectivity index (χ4v) is 4.18. The molecule has 0 aliphatic carbocycles. The molecule has 1 spiro atoms. The third kappa shape index (κ3) is 3.71. The molecule has 0 radical (unpaired) electrons. The lowest BCUT2D eigenvalue weighted by Gasteiger charge is -2.48. The molecule has 1 fully saturated rings. The number of benzene rings is 1. The van der Waals surface area contributed by atoms with Gasteiger partial charge in [-0.25, -0.2) is 9.97 Å². The quantitative estimate of drug-likeness (QED) is 0.879. The molecule has 1 aromatic heterocycles. The lowest BCUT2D eigenvalue weighted by Crippen LogP contribution is -2.54. The van der Waals surface area contributed by atoms with Gasteiger partial charge in [0.1, 0.15) is 11.4 Å². The summed E-state index contributed by atoms with van der Waals surface area (Å²) in [6, 6.07) is 6.27. The van der Waals surface area contributed by atoms with Crippen molar-refractivity contribution in [2.24, 2.45) is 0 Å². The van der Waals surface area contributed by atoms with Gasteiger partial charge in [0.15, 0.2) is 5.82 Å². The lowest BCUT2D eigenvalue weighted by atomic mass is 9.81. The first-order chi connectivity index (χ1) is 12.9. The van der Waals surface area contributed by atoms with E-state index >= 15 is 0 Å². The van der Waals surface area contributed by atoms with E-state index in [0.717, 1.165) is 55.6 Å². The summed E-state index contributed by atoms with van der Waals surface area (Å²) in [7, 11) is 0. The van der Waals surface area contributed by atoms with Gasteiger partial charge >= 0.3 is 0 Å². The number of aryl methyl sites for hydroxylation is 1. The maximum absolute atomic E-state index is 9.14. The molecular weight excluding hydrogens is 338 g/mol. The Kier molecular flexibility index (Phi) is 4.68. The Labute approximate surface area is 161 Å². The number of aliphatic hydroxyl groups is 1. The second-order valence-electron chi connectivity index (χ2n) is 8.84. The summed E-state index contributed by atoms with van der Waals surface area (Å²) in [5.74, 6) is 1.70. The van der Waals surface area contributed by atoms with Crippen molar-refractivity contribution in [1.82, 2.24) is 14.9 Å². The summed E-state index contributed by atoms with van der Waals surface area (Å²) in [6.45, 7) is 9.03. The predicted molar refractivity (Wildman–Crippen MR) is 106 cm³/mol. The molecule has 2 aromatic rings. The van der Waals surface area contributed by atoms with E-state index in [-0.39, 0.29) is 17.7 Å².